The first-order chi connectivity index (χ1) is 13.1. The van der Waals surface area contributed by atoms with E-state index in [1.165, 1.54) is 39.2 Å². The second-order valence-electron chi connectivity index (χ2n) is 7.45. The third kappa shape index (κ3) is 2.48. The number of hydrogen-bond acceptors (Lipinski definition) is 1. The van der Waals surface area contributed by atoms with Crippen molar-refractivity contribution >= 4 is 27.3 Å². The quantitative estimate of drug-likeness (QED) is 0.365. The van der Waals surface area contributed by atoms with Crippen molar-refractivity contribution in [3.8, 4) is 0 Å². The lowest BCUT2D eigenvalue weighted by Gasteiger charge is -2.31. The maximum Gasteiger partial charge on any atom is 0.141 e. The van der Waals surface area contributed by atoms with Gasteiger partial charge >= 0.3 is 0 Å². The molecule has 1 nitrogen and oxygen atoms in total. The van der Waals surface area contributed by atoms with Crippen LogP contribution in [0.1, 0.15) is 41.9 Å². The molecule has 4 aromatic carbocycles. The summed E-state index contributed by atoms with van der Waals surface area (Å²) in [4.78, 5) is 12.7. The number of hydrogen-bond donors (Lipinski definition) is 0. The highest BCUT2D eigenvalue weighted by Crippen LogP contribution is 2.44. The fourth-order valence-electron chi connectivity index (χ4n) is 4.53. The summed E-state index contributed by atoms with van der Waals surface area (Å²) in [6, 6.07) is 23.6. The van der Waals surface area contributed by atoms with Crippen molar-refractivity contribution in [2.45, 2.75) is 25.2 Å². The zero-order chi connectivity index (χ0) is 18.5. The number of halogens is 1. The summed E-state index contributed by atoms with van der Waals surface area (Å²) in [7, 11) is 0. The lowest BCUT2D eigenvalue weighted by atomic mass is 9.72. The van der Waals surface area contributed by atoms with Crippen molar-refractivity contribution in [3.05, 3.63) is 95.3 Å². The van der Waals surface area contributed by atoms with Gasteiger partial charge in [0.2, 0.25) is 0 Å². The van der Waals surface area contributed by atoms with Crippen LogP contribution in [0.15, 0.2) is 72.8 Å². The molecule has 1 aliphatic rings. The molecule has 27 heavy (non-hydrogen) atoms. The van der Waals surface area contributed by atoms with Crippen LogP contribution in [-0.4, -0.2) is 5.78 Å². The monoisotopic (exact) mass is 354 g/mol. The molecule has 0 heterocycles. The molecule has 2 heteroatoms. The van der Waals surface area contributed by atoms with E-state index in [1.807, 2.05) is 19.1 Å². The Labute approximate surface area is 157 Å². The molecule has 4 aromatic rings. The smallest absolute Gasteiger partial charge is 0.141 e. The molecule has 2 atom stereocenters. The molecular weight excluding hydrogens is 335 g/mol. The van der Waals surface area contributed by atoms with Gasteiger partial charge in [-0.15, -0.1) is 0 Å². The molecule has 0 aliphatic heterocycles. The molecule has 0 saturated heterocycles. The standard InChI is InChI=1S/C25H19FO/c1-15-19-12-13-21-20-5-3-2-4-16(20)8-11-22(21)25(19)23(14-24(15)27)17-6-9-18(26)10-7-17/h2-13,15,23H,14H2,1H3. The van der Waals surface area contributed by atoms with E-state index in [1.54, 1.807) is 0 Å². The van der Waals surface area contributed by atoms with Gasteiger partial charge < -0.3 is 0 Å². The Morgan fingerprint density at radius 3 is 2.37 bits per heavy atom. The summed E-state index contributed by atoms with van der Waals surface area (Å²) in [6.07, 6.45) is 0.464. The Hall–Kier alpha value is -3.00. The SMILES string of the molecule is CC1C(=O)CC(c2ccc(F)cc2)c2c1ccc1c2ccc2ccccc21. The highest BCUT2D eigenvalue weighted by atomic mass is 19.1. The summed E-state index contributed by atoms with van der Waals surface area (Å²) in [5.74, 6) is -0.142. The molecule has 0 spiro atoms. The largest absolute Gasteiger partial charge is 0.299 e. The van der Waals surface area contributed by atoms with Crippen LogP contribution in [0.25, 0.3) is 21.5 Å². The minimum atomic E-state index is -0.251. The Balaban J connectivity index is 1.84. The average molecular weight is 354 g/mol. The van der Waals surface area contributed by atoms with Crippen LogP contribution in [0.4, 0.5) is 4.39 Å². The third-order valence-corrected chi connectivity index (χ3v) is 5.98. The summed E-state index contributed by atoms with van der Waals surface area (Å²) >= 11 is 0. The fraction of sp³-hybridized carbons (Fsp3) is 0.160. The number of carbonyl (C=O) groups excluding carboxylic acids is 1. The highest BCUT2D eigenvalue weighted by Gasteiger charge is 2.33. The molecule has 0 amide bonds. The first-order valence-corrected chi connectivity index (χ1v) is 9.36. The van der Waals surface area contributed by atoms with Crippen molar-refractivity contribution in [1.29, 1.82) is 0 Å². The lowest BCUT2D eigenvalue weighted by molar-refractivity contribution is -0.120. The van der Waals surface area contributed by atoms with E-state index in [2.05, 4.69) is 48.5 Å². The topological polar surface area (TPSA) is 17.1 Å². The minimum absolute atomic E-state index is 0.0332. The van der Waals surface area contributed by atoms with Gasteiger partial charge in [-0.25, -0.2) is 4.39 Å². The van der Waals surface area contributed by atoms with Crippen LogP contribution in [0, 0.1) is 5.82 Å². The molecule has 132 valence electrons. The van der Waals surface area contributed by atoms with E-state index < -0.39 is 0 Å². The van der Waals surface area contributed by atoms with Crippen LogP contribution >= 0.6 is 0 Å². The molecule has 0 fully saturated rings. The lowest BCUT2D eigenvalue weighted by Crippen LogP contribution is -2.23. The van der Waals surface area contributed by atoms with E-state index in [0.29, 0.717) is 6.42 Å². The van der Waals surface area contributed by atoms with Gasteiger partial charge in [-0.3, -0.25) is 4.79 Å². The van der Waals surface area contributed by atoms with Gasteiger partial charge in [0, 0.05) is 18.3 Å². The second-order valence-corrected chi connectivity index (χ2v) is 7.45. The van der Waals surface area contributed by atoms with Crippen molar-refractivity contribution in [2.24, 2.45) is 0 Å². The van der Waals surface area contributed by atoms with Crippen LogP contribution < -0.4 is 0 Å². The fourth-order valence-corrected chi connectivity index (χ4v) is 4.53. The Bertz CT molecular complexity index is 1190. The maximum atomic E-state index is 13.4. The molecule has 0 radical (unpaired) electrons. The van der Waals surface area contributed by atoms with Crippen molar-refractivity contribution in [1.82, 2.24) is 0 Å². The summed E-state index contributed by atoms with van der Waals surface area (Å²) < 4.78 is 13.4. The van der Waals surface area contributed by atoms with Crippen molar-refractivity contribution in [3.63, 3.8) is 0 Å². The van der Waals surface area contributed by atoms with E-state index in [-0.39, 0.29) is 23.4 Å². The van der Waals surface area contributed by atoms with Gasteiger partial charge in [0.1, 0.15) is 11.6 Å². The predicted molar refractivity (Wildman–Crippen MR) is 108 cm³/mol. The molecule has 0 bridgehead atoms. The van der Waals surface area contributed by atoms with E-state index in [9.17, 15) is 9.18 Å². The van der Waals surface area contributed by atoms with Crippen LogP contribution in [0.2, 0.25) is 0 Å². The zero-order valence-electron chi connectivity index (χ0n) is 15.1. The molecule has 0 N–H and O–H groups in total. The van der Waals surface area contributed by atoms with E-state index >= 15 is 0 Å². The van der Waals surface area contributed by atoms with Crippen molar-refractivity contribution in [2.75, 3.05) is 0 Å². The Morgan fingerprint density at radius 2 is 1.56 bits per heavy atom. The van der Waals surface area contributed by atoms with Gasteiger partial charge in [-0.2, -0.15) is 0 Å². The Morgan fingerprint density at radius 1 is 0.815 bits per heavy atom. The number of Topliss-reactive ketones (excluding diaryl/α,β-unsaturated/α-hetero) is 1. The van der Waals surface area contributed by atoms with Gasteiger partial charge in [0.15, 0.2) is 0 Å². The number of fused-ring (bicyclic) bond motifs is 5. The zero-order valence-corrected chi connectivity index (χ0v) is 15.1. The molecule has 1 aliphatic carbocycles. The number of rotatable bonds is 1. The van der Waals surface area contributed by atoms with E-state index in [0.717, 1.165) is 11.1 Å². The summed E-state index contributed by atoms with van der Waals surface area (Å²) in [5.41, 5.74) is 3.32. The van der Waals surface area contributed by atoms with Gasteiger partial charge in [-0.1, -0.05) is 67.6 Å². The molecule has 2 unspecified atom stereocenters. The first-order valence-electron chi connectivity index (χ1n) is 9.36. The number of ketones is 1. The second kappa shape index (κ2) is 6.02. The Kier molecular flexibility index (Phi) is 3.61. The third-order valence-electron chi connectivity index (χ3n) is 5.98. The van der Waals surface area contributed by atoms with Crippen molar-refractivity contribution < 1.29 is 9.18 Å². The van der Waals surface area contributed by atoms with E-state index in [4.69, 9.17) is 0 Å². The summed E-state index contributed by atoms with van der Waals surface area (Å²) in [5, 5.41) is 4.84. The molecule has 5 rings (SSSR count). The van der Waals surface area contributed by atoms with Gasteiger partial charge in [-0.05, 0) is 50.4 Å². The van der Waals surface area contributed by atoms with Crippen LogP contribution in [0.3, 0.4) is 0 Å². The number of carbonyl (C=O) groups is 1. The highest BCUT2D eigenvalue weighted by molar-refractivity contribution is 6.10. The minimum Gasteiger partial charge on any atom is -0.299 e. The molecule has 0 saturated carbocycles. The van der Waals surface area contributed by atoms with Crippen LogP contribution in [-0.2, 0) is 4.79 Å². The van der Waals surface area contributed by atoms with Crippen LogP contribution in [0.5, 0.6) is 0 Å². The summed E-state index contributed by atoms with van der Waals surface area (Å²) in [6.45, 7) is 1.99. The van der Waals surface area contributed by atoms with Gasteiger partial charge in [0.25, 0.3) is 0 Å². The maximum absolute atomic E-state index is 13.4. The average Bonchev–Trinajstić information content (AvgIpc) is 2.70. The first kappa shape index (κ1) is 16.2. The molecular formula is C25H19FO. The normalized spacial score (nSPS) is 19.4. The predicted octanol–water partition coefficient (Wildman–Crippen LogP) is 6.34. The molecule has 0 aromatic heterocycles. The number of benzene rings is 4. The van der Waals surface area contributed by atoms with Gasteiger partial charge in [0.05, 0.1) is 0 Å².